The van der Waals surface area contributed by atoms with Gasteiger partial charge in [-0.15, -0.1) is 0 Å². The highest BCUT2D eigenvalue weighted by Gasteiger charge is 2.47. The third-order valence-corrected chi connectivity index (χ3v) is 32.8. The van der Waals surface area contributed by atoms with Gasteiger partial charge in [0.05, 0.1) is 0 Å². The Kier molecular flexibility index (Phi) is 47.2. The molecule has 0 aromatic heterocycles. The second kappa shape index (κ2) is 51.4. The number of piperidine rings is 5. The Morgan fingerprint density at radius 3 is 1.10 bits per heavy atom. The van der Waals surface area contributed by atoms with Crippen LogP contribution < -0.4 is 21.7 Å². The van der Waals surface area contributed by atoms with Gasteiger partial charge >= 0.3 is 0 Å². The van der Waals surface area contributed by atoms with Crippen molar-refractivity contribution in [2.75, 3.05) is 139 Å². The van der Waals surface area contributed by atoms with Crippen molar-refractivity contribution in [3.63, 3.8) is 0 Å². The molecule has 10 aliphatic heterocycles. The molecule has 124 heavy (non-hydrogen) atoms. The number of fused-ring (bicyclic) bond motifs is 4. The summed E-state index contributed by atoms with van der Waals surface area (Å²) in [4.78, 5) is 26.0. The average molecular weight is 1750 g/mol. The van der Waals surface area contributed by atoms with Gasteiger partial charge in [-0.1, -0.05) is 104 Å². The third kappa shape index (κ3) is 41.7. The summed E-state index contributed by atoms with van der Waals surface area (Å²) in [5, 5.41) is 10.5. The molecule has 14 heteroatoms. The van der Waals surface area contributed by atoms with Crippen molar-refractivity contribution in [1.82, 2.24) is 64.9 Å². The minimum atomic E-state index is 0.303. The summed E-state index contributed by atoms with van der Waals surface area (Å²) in [6, 6.07) is 4.49. The van der Waals surface area contributed by atoms with Crippen molar-refractivity contribution in [3.8, 4) is 0 Å². The van der Waals surface area contributed by atoms with Crippen LogP contribution in [-0.4, -0.2) is 280 Å². The predicted octanol–water partition coefficient (Wildman–Crippen LogP) is 24.0. The highest BCUT2D eigenvalue weighted by Crippen LogP contribution is 2.48. The lowest BCUT2D eigenvalue weighted by molar-refractivity contribution is 0.0455. The highest BCUT2D eigenvalue weighted by atomic mass is 15.4. The van der Waals surface area contributed by atoms with Crippen LogP contribution in [0.15, 0.2) is 0 Å². The standard InChI is InChI=1S/2C13H25N.2C12H25N.2C11H23N.C10H20N2.C10H22N2.C9H18N2.C9H20N2/c1-12(2,3)14-10-8-13(9-11-14)6-4-5-7-13;1-12(2,3)14-10-9-13(11-14)7-5-4-6-8-13;1-12(2,3)13(4)10-11-8-6-5-7-9-11;1-5-6-11-7-9-13(10-8-11)12(2,3)4;1-11(2,3)12-9-10-7-5-4-6-8-10;1-5-10-6-8-12(9-7-10)11(2,3)4;1-10(2,3)12-7-8-5-9(12)6-11(8)4;1-10(2,3)12-7-5-9(11-4)6-8-12;1-9(2,3)11-6-7-4-8(11)5-10-7;1-9(2,3)11-6-4-8(10)5-7-11/h2*4-11H2,1-3H3;2*11H,5-10H2,1-4H3;10,12H,4-9H2,1-3H3;10H,5-9H2,1-4H3;8-9H,5-7H2,1-4H3;9,11H,5-8H2,1-4H3;7-8,10H,4-6H2,1-3H3;8H,4-7,10H2,1-3H3. The highest BCUT2D eigenvalue weighted by molar-refractivity contribution is 5.04. The largest absolute Gasteiger partial charge is 0.328 e. The number of rotatable bonds is 8. The van der Waals surface area contributed by atoms with E-state index >= 15 is 0 Å². The molecule has 10 saturated heterocycles. The summed E-state index contributed by atoms with van der Waals surface area (Å²) in [5.74, 6) is 3.95. The summed E-state index contributed by atoms with van der Waals surface area (Å²) >= 11 is 0. The second-order valence-electron chi connectivity index (χ2n) is 53.2. The monoisotopic (exact) mass is 1740 g/mol. The van der Waals surface area contributed by atoms with Gasteiger partial charge in [0.15, 0.2) is 0 Å². The maximum atomic E-state index is 5.81. The lowest BCUT2D eigenvalue weighted by Gasteiger charge is -2.45. The van der Waals surface area contributed by atoms with E-state index in [2.05, 4.69) is 308 Å². The first-order chi connectivity index (χ1) is 57.3. The molecule has 0 radical (unpaired) electrons. The van der Waals surface area contributed by atoms with Crippen molar-refractivity contribution >= 4 is 0 Å². The van der Waals surface area contributed by atoms with E-state index in [-0.39, 0.29) is 0 Å². The van der Waals surface area contributed by atoms with Crippen LogP contribution in [0.2, 0.25) is 0 Å². The minimum Gasteiger partial charge on any atom is -0.328 e. The van der Waals surface area contributed by atoms with Gasteiger partial charge in [0.1, 0.15) is 0 Å². The maximum Gasteiger partial charge on any atom is 0.0244 e. The van der Waals surface area contributed by atoms with Gasteiger partial charge in [-0.3, -0.25) is 39.2 Å². The molecule has 5 N–H and O–H groups in total. The van der Waals surface area contributed by atoms with E-state index in [1.54, 1.807) is 0 Å². The van der Waals surface area contributed by atoms with Gasteiger partial charge in [0, 0.05) is 157 Å². The van der Waals surface area contributed by atoms with Gasteiger partial charge < -0.3 is 31.5 Å². The Morgan fingerprint density at radius 1 is 0.371 bits per heavy atom. The molecule has 736 valence electrons. The van der Waals surface area contributed by atoms with E-state index < -0.39 is 0 Å². The molecule has 14 aliphatic rings. The molecule has 14 fully saturated rings. The molecule has 10 heterocycles. The number of hydrogen-bond acceptors (Lipinski definition) is 14. The van der Waals surface area contributed by atoms with E-state index in [4.69, 9.17) is 5.73 Å². The van der Waals surface area contributed by atoms with Crippen LogP contribution in [0.4, 0.5) is 0 Å². The first kappa shape index (κ1) is 114. The maximum absolute atomic E-state index is 5.81. The van der Waals surface area contributed by atoms with E-state index in [0.717, 1.165) is 77.6 Å². The first-order valence-electron chi connectivity index (χ1n) is 53.6. The van der Waals surface area contributed by atoms with Crippen LogP contribution >= 0.6 is 0 Å². The molecule has 4 saturated carbocycles. The molecule has 14 rings (SSSR count). The topological polar surface area (TPSA) is 94.5 Å². The lowest BCUT2D eigenvalue weighted by atomic mass is 9.73. The average Bonchev–Trinajstić information content (AvgIpc) is 1.61. The summed E-state index contributed by atoms with van der Waals surface area (Å²) in [6.07, 6.45) is 50.0. The fraction of sp³-hybridized carbons (Fsp3) is 1.00. The molecular formula is C110H226N14. The summed E-state index contributed by atoms with van der Waals surface area (Å²) in [7, 11) is 6.58. The Balaban J connectivity index is 0.000000245. The predicted molar refractivity (Wildman–Crippen MR) is 549 cm³/mol. The molecule has 0 aromatic rings. The molecule has 4 atom stereocenters. The number of likely N-dealkylation sites (N-methyl/N-ethyl adjacent to an activating group) is 1. The molecular weight excluding hydrogens is 1520 g/mol. The Hall–Kier alpha value is -0.560. The zero-order valence-corrected chi connectivity index (χ0v) is 90.8. The molecule has 2 spiro atoms. The molecule has 4 unspecified atom stereocenters. The van der Waals surface area contributed by atoms with Gasteiger partial charge in [0.25, 0.3) is 0 Å². The first-order valence-corrected chi connectivity index (χ1v) is 53.6. The number of nitrogens with one attached hydrogen (secondary N) is 3. The van der Waals surface area contributed by atoms with Crippen molar-refractivity contribution in [2.45, 2.75) is 538 Å². The van der Waals surface area contributed by atoms with Gasteiger partial charge in [-0.2, -0.15) is 0 Å². The fourth-order valence-electron chi connectivity index (χ4n) is 23.2. The molecule has 4 aliphatic carbocycles. The Labute approximate surface area is 777 Å². The van der Waals surface area contributed by atoms with Crippen molar-refractivity contribution in [3.05, 3.63) is 0 Å². The molecule has 0 amide bonds. The van der Waals surface area contributed by atoms with Crippen LogP contribution in [0, 0.1) is 34.5 Å². The Bertz CT molecular complexity index is 2700. The zero-order chi connectivity index (χ0) is 93.1. The van der Waals surface area contributed by atoms with E-state index in [1.165, 1.54) is 330 Å². The van der Waals surface area contributed by atoms with Crippen LogP contribution in [0.3, 0.4) is 0 Å². The lowest BCUT2D eigenvalue weighted by Crippen LogP contribution is -2.52. The summed E-state index contributed by atoms with van der Waals surface area (Å²) in [6.45, 7) is 96.9. The number of hydrogen-bond donors (Lipinski definition) is 4. The van der Waals surface area contributed by atoms with E-state index in [9.17, 15) is 0 Å². The normalized spacial score (nSPS) is 26.7. The minimum absolute atomic E-state index is 0.303. The van der Waals surface area contributed by atoms with E-state index in [0.29, 0.717) is 61.4 Å². The SMILES string of the molecule is CC(C)(C)N1CC2CC1CN2.CC(C)(C)N1CCC(N)CC1.CC(C)(C)N1CCC2(CCCC2)CC1.CC(C)(C)N1CCC2(CCCCC2)C1.CC(C)(C)NCC1CCCCC1.CCC1CCN(C(C)(C)C)CC1.CCCC1CCN(C(C)(C)C)CC1.CN(CC1CCCCC1)C(C)(C)C.CN1CC2CC1CN2C(C)(C)C.CNC1CCN(C(C)(C)C)CC1. The summed E-state index contributed by atoms with van der Waals surface area (Å²) in [5.41, 5.74) is 11.0. The Morgan fingerprint density at radius 2 is 0.750 bits per heavy atom. The quantitative estimate of drug-likeness (QED) is 0.186. The van der Waals surface area contributed by atoms with E-state index in [1.807, 2.05) is 0 Å². The number of nitrogens with zero attached hydrogens (tertiary/aromatic N) is 10. The fourth-order valence-corrected chi connectivity index (χ4v) is 23.2. The van der Waals surface area contributed by atoms with Crippen LogP contribution in [0.5, 0.6) is 0 Å². The molecule has 0 aromatic carbocycles. The number of nitrogens with two attached hydrogens (primary N) is 1. The number of likely N-dealkylation sites (tertiary alicyclic amines) is 9. The van der Waals surface area contributed by atoms with Crippen LogP contribution in [-0.2, 0) is 0 Å². The summed E-state index contributed by atoms with van der Waals surface area (Å²) < 4.78 is 0. The number of piperazine rings is 2. The smallest absolute Gasteiger partial charge is 0.0244 e. The molecule has 4 bridgehead atoms. The van der Waals surface area contributed by atoms with Gasteiger partial charge in [0.2, 0.25) is 0 Å². The van der Waals surface area contributed by atoms with Crippen molar-refractivity contribution in [2.24, 2.45) is 40.2 Å². The third-order valence-electron chi connectivity index (χ3n) is 32.8. The van der Waals surface area contributed by atoms with Gasteiger partial charge in [-0.25, -0.2) is 0 Å². The van der Waals surface area contributed by atoms with Crippen LogP contribution in [0.25, 0.3) is 0 Å². The van der Waals surface area contributed by atoms with Crippen molar-refractivity contribution in [1.29, 1.82) is 0 Å². The second-order valence-corrected chi connectivity index (χ2v) is 53.2. The van der Waals surface area contributed by atoms with Crippen molar-refractivity contribution < 1.29 is 0 Å². The molecule has 14 nitrogen and oxygen atoms in total. The zero-order valence-electron chi connectivity index (χ0n) is 90.8. The van der Waals surface area contributed by atoms with Crippen LogP contribution in [0.1, 0.15) is 446 Å². The van der Waals surface area contributed by atoms with Gasteiger partial charge in [-0.05, 0) is 451 Å².